The molecule has 3 N–H and O–H groups in total. The maximum atomic E-state index is 13.2. The average molecular weight is 468 g/mol. The van der Waals surface area contributed by atoms with Gasteiger partial charge in [-0.25, -0.2) is 13.9 Å². The zero-order chi connectivity index (χ0) is 24.3. The summed E-state index contributed by atoms with van der Waals surface area (Å²) in [5.41, 5.74) is 5.11. The number of sulfonamides is 1. The smallest absolute Gasteiger partial charge is 0.247 e. The molecule has 0 heterocycles. The molecule has 1 aromatic rings. The first kappa shape index (κ1) is 27.8. The van der Waals surface area contributed by atoms with Crippen molar-refractivity contribution >= 4 is 27.9 Å². The van der Waals surface area contributed by atoms with Gasteiger partial charge in [-0.05, 0) is 36.7 Å². The number of nitrogens with zero attached hydrogens (tertiary/aromatic N) is 1. The predicted octanol–water partition coefficient (Wildman–Crippen LogP) is 3.21. The summed E-state index contributed by atoms with van der Waals surface area (Å²) >= 11 is 0. The Kier molecular flexibility index (Phi) is 11.6. The Morgan fingerprint density at radius 2 is 1.66 bits per heavy atom. The average Bonchev–Trinajstić information content (AvgIpc) is 2.71. The minimum atomic E-state index is -3.68. The van der Waals surface area contributed by atoms with E-state index in [1.165, 1.54) is 0 Å². The van der Waals surface area contributed by atoms with Gasteiger partial charge in [0.1, 0.15) is 0 Å². The number of amides is 2. The fourth-order valence-electron chi connectivity index (χ4n) is 3.30. The number of carbonyl (C=O) groups excluding carboxylic acids is 2. The van der Waals surface area contributed by atoms with E-state index in [0.717, 1.165) is 16.2 Å². The van der Waals surface area contributed by atoms with Crippen LogP contribution in [-0.2, 0) is 19.6 Å². The third-order valence-electron chi connectivity index (χ3n) is 5.04. The predicted molar refractivity (Wildman–Crippen MR) is 126 cm³/mol. The molecule has 0 aliphatic carbocycles. The molecule has 1 aromatic carbocycles. The minimum absolute atomic E-state index is 0.0696. The number of hydroxylamine groups is 1. The Labute approximate surface area is 192 Å². The normalized spacial score (nSPS) is 14.2. The van der Waals surface area contributed by atoms with Crippen molar-refractivity contribution in [3.8, 4) is 0 Å². The van der Waals surface area contributed by atoms with Crippen molar-refractivity contribution in [2.45, 2.75) is 47.0 Å². The van der Waals surface area contributed by atoms with Gasteiger partial charge in [-0.15, -0.1) is 4.41 Å². The van der Waals surface area contributed by atoms with Crippen molar-refractivity contribution in [3.05, 3.63) is 42.0 Å². The number of benzene rings is 1. The topological polar surface area (TPSA) is 116 Å². The monoisotopic (exact) mass is 467 g/mol. The number of rotatable bonds is 13. The van der Waals surface area contributed by atoms with Gasteiger partial charge in [-0.3, -0.25) is 20.2 Å². The Bertz CT molecular complexity index is 854. The second kappa shape index (κ2) is 13.3. The van der Waals surface area contributed by atoms with Crippen LogP contribution in [0.15, 0.2) is 36.4 Å². The molecule has 0 aliphatic heterocycles. The van der Waals surface area contributed by atoms with Crippen molar-refractivity contribution in [1.29, 1.82) is 0 Å². The molecule has 1 rings (SSSR count). The van der Waals surface area contributed by atoms with Crippen molar-refractivity contribution in [2.75, 3.05) is 12.8 Å². The van der Waals surface area contributed by atoms with Crippen LogP contribution >= 0.6 is 0 Å². The number of allylic oxidation sites excluding steroid dienone is 1. The van der Waals surface area contributed by atoms with Crippen LogP contribution in [-0.4, -0.2) is 42.7 Å². The Balaban J connectivity index is 3.12. The van der Waals surface area contributed by atoms with Crippen LogP contribution in [0.25, 0.3) is 6.08 Å². The van der Waals surface area contributed by atoms with Gasteiger partial charge in [0.05, 0.1) is 18.1 Å². The molecule has 32 heavy (non-hydrogen) atoms. The van der Waals surface area contributed by atoms with Gasteiger partial charge < -0.3 is 0 Å². The maximum Gasteiger partial charge on any atom is 0.247 e. The highest BCUT2D eigenvalue weighted by molar-refractivity contribution is 7.88. The van der Waals surface area contributed by atoms with E-state index in [9.17, 15) is 23.2 Å². The van der Waals surface area contributed by atoms with E-state index in [1.54, 1.807) is 11.6 Å². The van der Waals surface area contributed by atoms with Crippen LogP contribution in [0, 0.1) is 23.7 Å². The van der Waals surface area contributed by atoms with Crippen LogP contribution in [0.3, 0.4) is 0 Å². The highest BCUT2D eigenvalue weighted by Gasteiger charge is 2.35. The largest absolute Gasteiger partial charge is 0.289 e. The highest BCUT2D eigenvalue weighted by atomic mass is 32.2. The minimum Gasteiger partial charge on any atom is -0.289 e. The lowest BCUT2D eigenvalue weighted by molar-refractivity contribution is -0.141. The van der Waals surface area contributed by atoms with Crippen LogP contribution in [0.1, 0.15) is 52.5 Å². The van der Waals surface area contributed by atoms with Crippen molar-refractivity contribution < 1.29 is 23.2 Å². The number of nitrogens with one attached hydrogen (secondary N) is 2. The number of hydrogen-bond donors (Lipinski definition) is 3. The Morgan fingerprint density at radius 3 is 2.16 bits per heavy atom. The van der Waals surface area contributed by atoms with E-state index in [2.05, 4.69) is 5.43 Å². The number of hydrazine groups is 1. The zero-order valence-electron chi connectivity index (χ0n) is 19.6. The van der Waals surface area contributed by atoms with Gasteiger partial charge in [0.2, 0.25) is 21.8 Å². The van der Waals surface area contributed by atoms with Crippen LogP contribution in [0.4, 0.5) is 0 Å². The summed E-state index contributed by atoms with van der Waals surface area (Å²) < 4.78 is 25.3. The Morgan fingerprint density at radius 1 is 1.03 bits per heavy atom. The van der Waals surface area contributed by atoms with Gasteiger partial charge in [-0.1, -0.05) is 70.2 Å². The molecule has 0 saturated carbocycles. The molecule has 0 spiro atoms. The van der Waals surface area contributed by atoms with Gasteiger partial charge in [0.15, 0.2) is 0 Å². The van der Waals surface area contributed by atoms with Gasteiger partial charge >= 0.3 is 0 Å². The van der Waals surface area contributed by atoms with Crippen molar-refractivity contribution in [3.63, 3.8) is 0 Å². The van der Waals surface area contributed by atoms with E-state index in [1.807, 2.05) is 64.1 Å². The highest BCUT2D eigenvalue weighted by Crippen LogP contribution is 2.26. The summed E-state index contributed by atoms with van der Waals surface area (Å²) in [4.78, 5) is 25.6. The fraction of sp³-hybridized carbons (Fsp3) is 0.565. The van der Waals surface area contributed by atoms with Crippen LogP contribution in [0.2, 0.25) is 0 Å². The molecular weight excluding hydrogens is 430 g/mol. The standard InChI is InChI=1S/C23H37N3O5S/c1-17(2)14-15-26(32(5,30)31)24-22(27)21(16-18(3)4)20(23(28)25-29)13-9-12-19-10-7-6-8-11-19/h6-12,17-18,20-21,29H,13-16H2,1-5H3,(H,24,27)(H,25,28)/t20-,21+/m0/s1. The van der Waals surface area contributed by atoms with Crippen molar-refractivity contribution in [2.24, 2.45) is 23.7 Å². The lowest BCUT2D eigenvalue weighted by Crippen LogP contribution is -2.51. The van der Waals surface area contributed by atoms with E-state index in [-0.39, 0.29) is 24.8 Å². The third-order valence-corrected chi connectivity index (χ3v) is 6.11. The summed E-state index contributed by atoms with van der Waals surface area (Å²) in [6.07, 6.45) is 5.78. The second-order valence-corrected chi connectivity index (χ2v) is 10.8. The second-order valence-electron chi connectivity index (χ2n) is 8.86. The molecule has 9 heteroatoms. The molecule has 0 bridgehead atoms. The first-order valence-electron chi connectivity index (χ1n) is 10.9. The van der Waals surface area contributed by atoms with Gasteiger partial charge in [0.25, 0.3) is 0 Å². The summed E-state index contributed by atoms with van der Waals surface area (Å²) in [5.74, 6) is -2.62. The third kappa shape index (κ3) is 9.93. The quantitative estimate of drug-likeness (QED) is 0.304. The van der Waals surface area contributed by atoms with E-state index < -0.39 is 33.7 Å². The van der Waals surface area contributed by atoms with Gasteiger partial charge in [-0.2, -0.15) is 0 Å². The summed E-state index contributed by atoms with van der Waals surface area (Å²) in [7, 11) is -3.68. The van der Waals surface area contributed by atoms with Gasteiger partial charge in [0, 0.05) is 6.54 Å². The maximum absolute atomic E-state index is 13.2. The molecule has 0 radical (unpaired) electrons. The molecule has 2 atom stereocenters. The summed E-state index contributed by atoms with van der Waals surface area (Å²) in [6, 6.07) is 9.51. The van der Waals surface area contributed by atoms with E-state index in [4.69, 9.17) is 0 Å². The molecular formula is C23H37N3O5S. The molecule has 0 aromatic heterocycles. The zero-order valence-corrected chi connectivity index (χ0v) is 20.4. The van der Waals surface area contributed by atoms with Crippen molar-refractivity contribution in [1.82, 2.24) is 15.3 Å². The first-order valence-corrected chi connectivity index (χ1v) is 12.7. The fourth-order valence-corrected chi connectivity index (χ4v) is 3.99. The molecule has 180 valence electrons. The Hall–Kier alpha value is -2.23. The van der Waals surface area contributed by atoms with Crippen LogP contribution in [0.5, 0.6) is 0 Å². The SMILES string of the molecule is CC(C)CCN(NC(=O)[C@H](CC(C)C)[C@H](CC=Cc1ccccc1)C(=O)NO)S(C)(=O)=O. The molecule has 0 saturated heterocycles. The lowest BCUT2D eigenvalue weighted by Gasteiger charge is -2.29. The summed E-state index contributed by atoms with van der Waals surface area (Å²) in [5, 5.41) is 9.28. The van der Waals surface area contributed by atoms with Crippen LogP contribution < -0.4 is 10.9 Å². The number of hydrogen-bond acceptors (Lipinski definition) is 5. The number of carbonyl (C=O) groups is 2. The van der Waals surface area contributed by atoms with E-state index >= 15 is 0 Å². The molecule has 0 aliphatic rings. The molecule has 0 fully saturated rings. The summed E-state index contributed by atoms with van der Waals surface area (Å²) in [6.45, 7) is 7.90. The first-order chi connectivity index (χ1) is 15.0. The molecule has 2 amide bonds. The molecule has 8 nitrogen and oxygen atoms in total. The lowest BCUT2D eigenvalue weighted by atomic mass is 9.82. The molecule has 0 unspecified atom stereocenters. The van der Waals surface area contributed by atoms with E-state index in [0.29, 0.717) is 12.8 Å².